The summed E-state index contributed by atoms with van der Waals surface area (Å²) in [6.45, 7) is 8.56. The van der Waals surface area contributed by atoms with Crippen molar-refractivity contribution < 1.29 is 8.42 Å². The molecular formula is C15H26N2O2S. The van der Waals surface area contributed by atoms with Crippen LogP contribution in [0.4, 0.5) is 0 Å². The maximum Gasteiger partial charge on any atom is 0.211 e. The van der Waals surface area contributed by atoms with Gasteiger partial charge in [0.1, 0.15) is 0 Å². The minimum atomic E-state index is -3.20. The fourth-order valence-corrected chi connectivity index (χ4v) is 3.34. The number of nitrogens with one attached hydrogen (secondary N) is 1. The van der Waals surface area contributed by atoms with Crippen molar-refractivity contribution in [3.63, 3.8) is 0 Å². The first-order chi connectivity index (χ1) is 9.48. The highest BCUT2D eigenvalue weighted by atomic mass is 32.2. The molecule has 1 unspecified atom stereocenters. The molecule has 1 N–H and O–H groups in total. The van der Waals surface area contributed by atoms with E-state index in [1.165, 1.54) is 0 Å². The van der Waals surface area contributed by atoms with Gasteiger partial charge < -0.3 is 0 Å². The van der Waals surface area contributed by atoms with E-state index in [1.54, 1.807) is 0 Å². The van der Waals surface area contributed by atoms with Gasteiger partial charge in [-0.05, 0) is 32.0 Å². The summed E-state index contributed by atoms with van der Waals surface area (Å²) >= 11 is 0. The zero-order valence-corrected chi connectivity index (χ0v) is 13.5. The zero-order chi connectivity index (χ0) is 15.0. The lowest BCUT2D eigenvalue weighted by Gasteiger charge is -2.26. The molecule has 0 aliphatic heterocycles. The Hall–Kier alpha value is -0.910. The predicted octanol–water partition coefficient (Wildman–Crippen LogP) is 1.88. The van der Waals surface area contributed by atoms with E-state index in [2.05, 4.69) is 23.5 Å². The van der Waals surface area contributed by atoms with Crippen molar-refractivity contribution in [3.8, 4) is 0 Å². The Morgan fingerprint density at radius 3 is 2.30 bits per heavy atom. The number of hydrogen-bond acceptors (Lipinski definition) is 3. The second kappa shape index (κ2) is 8.39. The predicted molar refractivity (Wildman–Crippen MR) is 84.3 cm³/mol. The van der Waals surface area contributed by atoms with Gasteiger partial charge in [-0.15, -0.1) is 0 Å². The van der Waals surface area contributed by atoms with Crippen LogP contribution in [-0.4, -0.2) is 44.7 Å². The summed E-state index contributed by atoms with van der Waals surface area (Å²) in [5, 5.41) is 0. The molecule has 1 rings (SSSR count). The molecule has 5 heteroatoms. The highest BCUT2D eigenvalue weighted by Gasteiger charge is 2.15. The molecule has 0 radical (unpaired) electrons. The number of rotatable bonds is 9. The lowest BCUT2D eigenvalue weighted by Crippen LogP contribution is -2.42. The smallest absolute Gasteiger partial charge is 0.211 e. The van der Waals surface area contributed by atoms with Crippen LogP contribution in [0.25, 0.3) is 0 Å². The van der Waals surface area contributed by atoms with Crippen molar-refractivity contribution in [2.45, 2.75) is 33.2 Å². The Morgan fingerprint density at radius 1 is 1.15 bits per heavy atom. The summed E-state index contributed by atoms with van der Waals surface area (Å²) < 4.78 is 26.7. The topological polar surface area (TPSA) is 49.4 Å². The molecule has 1 aromatic carbocycles. The third-order valence-electron chi connectivity index (χ3n) is 3.54. The summed E-state index contributed by atoms with van der Waals surface area (Å²) in [5.74, 6) is 0.141. The number of benzene rings is 1. The lowest BCUT2D eigenvalue weighted by atomic mass is 10.2. The van der Waals surface area contributed by atoms with E-state index in [-0.39, 0.29) is 11.8 Å². The van der Waals surface area contributed by atoms with Gasteiger partial charge in [-0.2, -0.15) is 0 Å². The molecule has 4 nitrogen and oxygen atoms in total. The normalized spacial score (nSPS) is 13.6. The fraction of sp³-hybridized carbons (Fsp3) is 0.600. The molecule has 0 bridgehead atoms. The van der Waals surface area contributed by atoms with Gasteiger partial charge in [0.05, 0.1) is 5.75 Å². The van der Waals surface area contributed by atoms with E-state index in [0.29, 0.717) is 13.0 Å². The van der Waals surface area contributed by atoms with Gasteiger partial charge in [-0.25, -0.2) is 13.1 Å². The molecule has 1 aromatic rings. The molecule has 0 aliphatic carbocycles. The third kappa shape index (κ3) is 6.03. The van der Waals surface area contributed by atoms with Crippen LogP contribution in [0.15, 0.2) is 30.3 Å². The summed E-state index contributed by atoms with van der Waals surface area (Å²) in [5.41, 5.74) is 1.05. The summed E-state index contributed by atoms with van der Waals surface area (Å²) in [6.07, 6.45) is 0.551. The minimum Gasteiger partial charge on any atom is -0.300 e. The van der Waals surface area contributed by atoms with E-state index in [9.17, 15) is 8.42 Å². The van der Waals surface area contributed by atoms with Crippen molar-refractivity contribution in [1.82, 2.24) is 9.62 Å². The maximum atomic E-state index is 12.0. The summed E-state index contributed by atoms with van der Waals surface area (Å²) in [6, 6.07) is 9.91. The molecule has 20 heavy (non-hydrogen) atoms. The van der Waals surface area contributed by atoms with E-state index < -0.39 is 10.0 Å². The molecule has 0 aromatic heterocycles. The lowest BCUT2D eigenvalue weighted by molar-refractivity contribution is 0.232. The largest absolute Gasteiger partial charge is 0.300 e. The molecule has 0 amide bonds. The van der Waals surface area contributed by atoms with Crippen molar-refractivity contribution >= 4 is 10.0 Å². The Morgan fingerprint density at radius 2 is 1.75 bits per heavy atom. The highest BCUT2D eigenvalue weighted by Crippen LogP contribution is 2.02. The van der Waals surface area contributed by atoms with Gasteiger partial charge in [0.15, 0.2) is 0 Å². The molecule has 0 spiro atoms. The van der Waals surface area contributed by atoms with Crippen LogP contribution in [0.5, 0.6) is 0 Å². The number of sulfonamides is 1. The first-order valence-corrected chi connectivity index (χ1v) is 8.89. The number of likely N-dealkylation sites (N-methyl/N-ethyl adjacent to an activating group) is 1. The average molecular weight is 298 g/mol. The van der Waals surface area contributed by atoms with Crippen LogP contribution >= 0.6 is 0 Å². The van der Waals surface area contributed by atoms with E-state index in [4.69, 9.17) is 0 Å². The van der Waals surface area contributed by atoms with Crippen LogP contribution < -0.4 is 4.72 Å². The highest BCUT2D eigenvalue weighted by molar-refractivity contribution is 7.89. The van der Waals surface area contributed by atoms with Gasteiger partial charge >= 0.3 is 0 Å². The molecule has 0 fully saturated rings. The van der Waals surface area contributed by atoms with Gasteiger partial charge in [-0.3, -0.25) is 4.90 Å². The van der Waals surface area contributed by atoms with Crippen molar-refractivity contribution in [3.05, 3.63) is 35.9 Å². The van der Waals surface area contributed by atoms with Crippen LogP contribution in [0.2, 0.25) is 0 Å². The summed E-state index contributed by atoms with van der Waals surface area (Å²) in [4.78, 5) is 2.24. The molecular weight excluding hydrogens is 272 g/mol. The minimum absolute atomic E-state index is 0.141. The van der Waals surface area contributed by atoms with Crippen LogP contribution in [0.3, 0.4) is 0 Å². The Balaban J connectivity index is 2.42. The standard InChI is InChI=1S/C15H26N2O2S/c1-4-17(5-2)14(3)13-16-20(18,19)12-11-15-9-7-6-8-10-15/h6-10,14,16H,4-5,11-13H2,1-3H3. The van der Waals surface area contributed by atoms with Gasteiger partial charge in [0.2, 0.25) is 10.0 Å². The van der Waals surface area contributed by atoms with Crippen molar-refractivity contribution in [2.75, 3.05) is 25.4 Å². The van der Waals surface area contributed by atoms with Crippen molar-refractivity contribution in [2.24, 2.45) is 0 Å². The Kier molecular flexibility index (Phi) is 7.19. The molecule has 1 atom stereocenters. The Bertz CT molecular complexity index is 470. The van der Waals surface area contributed by atoms with Crippen LogP contribution in [-0.2, 0) is 16.4 Å². The third-order valence-corrected chi connectivity index (χ3v) is 4.88. The molecule has 0 saturated heterocycles. The molecule has 0 aliphatic rings. The monoisotopic (exact) mass is 298 g/mol. The van der Waals surface area contributed by atoms with Gasteiger partial charge in [0, 0.05) is 12.6 Å². The first-order valence-electron chi connectivity index (χ1n) is 7.23. The van der Waals surface area contributed by atoms with Gasteiger partial charge in [0.25, 0.3) is 0 Å². The molecule has 0 saturated carbocycles. The Labute approximate surface area is 123 Å². The fourth-order valence-electron chi connectivity index (χ4n) is 2.19. The molecule has 114 valence electrons. The first kappa shape index (κ1) is 17.1. The SMILES string of the molecule is CCN(CC)C(C)CNS(=O)(=O)CCc1ccccc1. The average Bonchev–Trinajstić information content (AvgIpc) is 2.46. The number of hydrogen-bond donors (Lipinski definition) is 1. The molecule has 0 heterocycles. The van der Waals surface area contributed by atoms with Crippen LogP contribution in [0.1, 0.15) is 26.3 Å². The van der Waals surface area contributed by atoms with E-state index in [0.717, 1.165) is 18.7 Å². The zero-order valence-electron chi connectivity index (χ0n) is 12.7. The number of aryl methyl sites for hydroxylation is 1. The second-order valence-corrected chi connectivity index (χ2v) is 6.90. The quantitative estimate of drug-likeness (QED) is 0.757. The maximum absolute atomic E-state index is 12.0. The van der Waals surface area contributed by atoms with E-state index >= 15 is 0 Å². The van der Waals surface area contributed by atoms with Crippen LogP contribution in [0, 0.1) is 0 Å². The van der Waals surface area contributed by atoms with Crippen molar-refractivity contribution in [1.29, 1.82) is 0 Å². The summed E-state index contributed by atoms with van der Waals surface area (Å²) in [7, 11) is -3.20. The second-order valence-electron chi connectivity index (χ2n) is 4.97. The van der Waals surface area contributed by atoms with Gasteiger partial charge in [-0.1, -0.05) is 44.2 Å². The number of nitrogens with zero attached hydrogens (tertiary/aromatic N) is 1. The van der Waals surface area contributed by atoms with E-state index in [1.807, 2.05) is 37.3 Å².